The number of hydrogen-bond donors (Lipinski definition) is 3. The summed E-state index contributed by atoms with van der Waals surface area (Å²) in [4.78, 5) is 14.2. The summed E-state index contributed by atoms with van der Waals surface area (Å²) in [7, 11) is 0. The molecule has 19 heavy (non-hydrogen) atoms. The quantitative estimate of drug-likeness (QED) is 0.765. The van der Waals surface area contributed by atoms with Crippen molar-refractivity contribution >= 4 is 21.8 Å². The van der Waals surface area contributed by atoms with Gasteiger partial charge in [0.15, 0.2) is 0 Å². The van der Waals surface area contributed by atoms with Crippen molar-refractivity contribution in [1.29, 1.82) is 0 Å². The number of nitrogens with zero attached hydrogens (tertiary/aromatic N) is 1. The molecular weight excluding hydrogens is 310 g/mol. The fourth-order valence-electron chi connectivity index (χ4n) is 2.05. The van der Waals surface area contributed by atoms with Crippen molar-refractivity contribution < 1.29 is 9.90 Å². The summed E-state index contributed by atoms with van der Waals surface area (Å²) in [6, 6.07) is 4.83. The van der Waals surface area contributed by atoms with Gasteiger partial charge in [0, 0.05) is 43.7 Å². The molecule has 1 aromatic carbocycles. The Morgan fingerprint density at radius 1 is 1.42 bits per heavy atom. The molecular formula is C13H18BrN3O2. The van der Waals surface area contributed by atoms with Crippen LogP contribution in [0.1, 0.15) is 10.4 Å². The van der Waals surface area contributed by atoms with Crippen LogP contribution in [0, 0.1) is 0 Å². The summed E-state index contributed by atoms with van der Waals surface area (Å²) >= 11 is 3.29. The molecule has 1 aromatic rings. The Hall–Kier alpha value is -1.11. The van der Waals surface area contributed by atoms with Crippen molar-refractivity contribution in [2.24, 2.45) is 0 Å². The number of piperazine rings is 1. The molecule has 0 spiro atoms. The van der Waals surface area contributed by atoms with Crippen LogP contribution in [0.3, 0.4) is 0 Å². The van der Waals surface area contributed by atoms with E-state index >= 15 is 0 Å². The number of amides is 1. The van der Waals surface area contributed by atoms with Crippen LogP contribution in [0.25, 0.3) is 0 Å². The molecule has 0 unspecified atom stereocenters. The number of carbonyl (C=O) groups is 1. The monoisotopic (exact) mass is 327 g/mol. The summed E-state index contributed by atoms with van der Waals surface area (Å²) < 4.78 is 0.776. The van der Waals surface area contributed by atoms with E-state index in [1.165, 1.54) is 6.07 Å². The van der Waals surface area contributed by atoms with Crippen molar-refractivity contribution in [2.45, 2.75) is 0 Å². The van der Waals surface area contributed by atoms with Gasteiger partial charge in [0.25, 0.3) is 5.91 Å². The largest absolute Gasteiger partial charge is 0.507 e. The van der Waals surface area contributed by atoms with Gasteiger partial charge in [0.1, 0.15) is 5.75 Å². The van der Waals surface area contributed by atoms with E-state index in [0.717, 1.165) is 37.2 Å². The fraction of sp³-hybridized carbons (Fsp3) is 0.462. The first-order valence-electron chi connectivity index (χ1n) is 6.36. The molecule has 1 heterocycles. The third-order valence-corrected chi connectivity index (χ3v) is 3.62. The molecule has 6 heteroatoms. The lowest BCUT2D eigenvalue weighted by molar-refractivity contribution is 0.0944. The number of benzene rings is 1. The average molecular weight is 328 g/mol. The summed E-state index contributed by atoms with van der Waals surface area (Å²) in [5.74, 6) is -0.239. The highest BCUT2D eigenvalue weighted by Gasteiger charge is 2.13. The zero-order valence-electron chi connectivity index (χ0n) is 10.7. The molecule has 0 atom stereocenters. The highest BCUT2D eigenvalue weighted by Crippen LogP contribution is 2.21. The molecule has 0 bridgehead atoms. The third kappa shape index (κ3) is 4.19. The van der Waals surface area contributed by atoms with E-state index in [4.69, 9.17) is 0 Å². The normalized spacial score (nSPS) is 16.3. The van der Waals surface area contributed by atoms with Crippen molar-refractivity contribution in [3.8, 4) is 5.75 Å². The highest BCUT2D eigenvalue weighted by atomic mass is 79.9. The molecule has 2 rings (SSSR count). The van der Waals surface area contributed by atoms with E-state index < -0.39 is 0 Å². The Morgan fingerprint density at radius 2 is 2.16 bits per heavy atom. The third-order valence-electron chi connectivity index (χ3n) is 3.13. The van der Waals surface area contributed by atoms with Gasteiger partial charge in [-0.15, -0.1) is 0 Å². The zero-order valence-corrected chi connectivity index (χ0v) is 12.2. The molecule has 0 radical (unpaired) electrons. The van der Waals surface area contributed by atoms with Gasteiger partial charge in [-0.25, -0.2) is 0 Å². The first-order chi connectivity index (χ1) is 9.16. The second-order valence-electron chi connectivity index (χ2n) is 4.51. The Balaban J connectivity index is 1.82. The first-order valence-corrected chi connectivity index (χ1v) is 7.16. The molecule has 104 valence electrons. The Morgan fingerprint density at radius 3 is 2.89 bits per heavy atom. The van der Waals surface area contributed by atoms with Crippen LogP contribution in [0.2, 0.25) is 0 Å². The van der Waals surface area contributed by atoms with Gasteiger partial charge in [-0.1, -0.05) is 15.9 Å². The Kier molecular flexibility index (Phi) is 5.18. The maximum atomic E-state index is 11.9. The molecule has 0 aliphatic carbocycles. The molecule has 1 aliphatic rings. The first kappa shape index (κ1) is 14.3. The van der Waals surface area contributed by atoms with Crippen LogP contribution in [0.15, 0.2) is 22.7 Å². The number of carbonyl (C=O) groups excluding carboxylic acids is 1. The molecule has 1 amide bonds. The average Bonchev–Trinajstić information content (AvgIpc) is 2.42. The summed E-state index contributed by atoms with van der Waals surface area (Å²) in [6.45, 7) is 5.45. The van der Waals surface area contributed by atoms with E-state index in [1.54, 1.807) is 12.1 Å². The van der Waals surface area contributed by atoms with Crippen LogP contribution >= 0.6 is 15.9 Å². The van der Waals surface area contributed by atoms with Gasteiger partial charge in [0.2, 0.25) is 0 Å². The topological polar surface area (TPSA) is 64.6 Å². The molecule has 1 aliphatic heterocycles. The van der Waals surface area contributed by atoms with Crippen molar-refractivity contribution in [2.75, 3.05) is 39.3 Å². The van der Waals surface area contributed by atoms with Gasteiger partial charge < -0.3 is 15.7 Å². The van der Waals surface area contributed by atoms with Crippen LogP contribution in [0.4, 0.5) is 0 Å². The minimum Gasteiger partial charge on any atom is -0.507 e. The lowest BCUT2D eigenvalue weighted by Crippen LogP contribution is -2.46. The van der Waals surface area contributed by atoms with E-state index in [1.807, 2.05) is 0 Å². The standard InChI is InChI=1S/C13H18BrN3O2/c14-10-1-2-12(18)11(9-10)13(19)16-5-8-17-6-3-15-4-7-17/h1-2,9,15,18H,3-8H2,(H,16,19). The molecule has 1 saturated heterocycles. The maximum Gasteiger partial charge on any atom is 0.255 e. The molecule has 0 saturated carbocycles. The Labute approximate surface area is 121 Å². The van der Waals surface area contributed by atoms with Gasteiger partial charge >= 0.3 is 0 Å². The number of phenols is 1. The molecule has 5 nitrogen and oxygen atoms in total. The highest BCUT2D eigenvalue weighted by molar-refractivity contribution is 9.10. The number of rotatable bonds is 4. The Bertz CT molecular complexity index is 448. The van der Waals surface area contributed by atoms with Crippen molar-refractivity contribution in [3.63, 3.8) is 0 Å². The van der Waals surface area contributed by atoms with E-state index in [9.17, 15) is 9.90 Å². The number of hydrogen-bond acceptors (Lipinski definition) is 4. The van der Waals surface area contributed by atoms with Crippen LogP contribution in [0.5, 0.6) is 5.75 Å². The second kappa shape index (κ2) is 6.88. The zero-order chi connectivity index (χ0) is 13.7. The van der Waals surface area contributed by atoms with Crippen LogP contribution in [-0.4, -0.2) is 55.2 Å². The number of halogens is 1. The lowest BCUT2D eigenvalue weighted by Gasteiger charge is -2.27. The minimum absolute atomic E-state index is 0.00266. The minimum atomic E-state index is -0.242. The van der Waals surface area contributed by atoms with E-state index in [-0.39, 0.29) is 11.7 Å². The summed E-state index contributed by atoms with van der Waals surface area (Å²) in [6.07, 6.45) is 0. The van der Waals surface area contributed by atoms with E-state index in [2.05, 4.69) is 31.5 Å². The molecule has 0 aromatic heterocycles. The second-order valence-corrected chi connectivity index (χ2v) is 5.42. The number of phenolic OH excluding ortho intramolecular Hbond substituents is 1. The smallest absolute Gasteiger partial charge is 0.255 e. The number of aromatic hydroxyl groups is 1. The van der Waals surface area contributed by atoms with Gasteiger partial charge in [0.05, 0.1) is 5.56 Å². The molecule has 1 fully saturated rings. The maximum absolute atomic E-state index is 11.9. The van der Waals surface area contributed by atoms with Crippen molar-refractivity contribution in [1.82, 2.24) is 15.5 Å². The van der Waals surface area contributed by atoms with Crippen molar-refractivity contribution in [3.05, 3.63) is 28.2 Å². The molecule has 3 N–H and O–H groups in total. The predicted octanol–water partition coefficient (Wildman–Crippen LogP) is 0.790. The summed E-state index contributed by atoms with van der Waals surface area (Å²) in [5, 5.41) is 15.8. The number of nitrogens with one attached hydrogen (secondary N) is 2. The predicted molar refractivity (Wildman–Crippen MR) is 77.4 cm³/mol. The fourth-order valence-corrected chi connectivity index (χ4v) is 2.41. The SMILES string of the molecule is O=C(NCCN1CCNCC1)c1cc(Br)ccc1O. The van der Waals surface area contributed by atoms with Gasteiger partial charge in [-0.2, -0.15) is 0 Å². The van der Waals surface area contributed by atoms with Gasteiger partial charge in [-0.3, -0.25) is 9.69 Å². The van der Waals surface area contributed by atoms with Crippen LogP contribution < -0.4 is 10.6 Å². The van der Waals surface area contributed by atoms with Gasteiger partial charge in [-0.05, 0) is 18.2 Å². The van der Waals surface area contributed by atoms with E-state index in [0.29, 0.717) is 12.1 Å². The summed E-state index contributed by atoms with van der Waals surface area (Å²) in [5.41, 5.74) is 0.301. The lowest BCUT2D eigenvalue weighted by atomic mass is 10.2. The van der Waals surface area contributed by atoms with Crippen LogP contribution in [-0.2, 0) is 0 Å².